The van der Waals surface area contributed by atoms with E-state index in [0.717, 1.165) is 21.9 Å². The summed E-state index contributed by atoms with van der Waals surface area (Å²) in [4.78, 5) is 47.7. The molecule has 0 aliphatic carbocycles. The second-order valence-electron chi connectivity index (χ2n) is 7.24. The summed E-state index contributed by atoms with van der Waals surface area (Å²) in [5, 5.41) is 25.9. The average Bonchev–Trinajstić information content (AvgIpc) is 3.38. The molecule has 0 saturated carbocycles. The molecule has 2 saturated heterocycles. The Labute approximate surface area is 222 Å². The molecule has 2 fully saturated rings. The fourth-order valence-corrected chi connectivity index (χ4v) is 6.18. The van der Waals surface area contributed by atoms with Crippen LogP contribution in [0.4, 0.5) is 5.13 Å². The standard InChI is InChI=1S/C18H18N6O5S3.Na.H/c1-8-10(32-7-20-8)2-3-18(16(27)28)5-24-14(26)12(15(24)31-6-18)22-13(25)11(23-29)9-4-30-17(19)21-9;;/h2-4,7,12,15,29H,5-6H2,1H3,(H2,19,21)(H,22,25)(H,27,28);;/t12?,15-,18?;;/m1../s1. The van der Waals surface area contributed by atoms with E-state index in [0.29, 0.717) is 0 Å². The monoisotopic (exact) mass is 518 g/mol. The number of β-lactam (4-membered cyclic amide) rings is 1. The van der Waals surface area contributed by atoms with Gasteiger partial charge in [-0.05, 0) is 13.0 Å². The maximum absolute atomic E-state index is 12.7. The number of thioether (sulfide) groups is 1. The van der Waals surface area contributed by atoms with Crippen molar-refractivity contribution in [2.45, 2.75) is 18.3 Å². The van der Waals surface area contributed by atoms with Gasteiger partial charge in [-0.25, -0.2) is 9.97 Å². The number of carbonyl (C=O) groups is 3. The number of aromatic nitrogens is 2. The van der Waals surface area contributed by atoms with E-state index in [-0.39, 0.29) is 58.4 Å². The summed E-state index contributed by atoms with van der Waals surface area (Å²) in [6, 6.07) is -0.861. The van der Waals surface area contributed by atoms with E-state index in [4.69, 9.17) is 5.73 Å². The van der Waals surface area contributed by atoms with Crippen LogP contribution in [0, 0.1) is 12.3 Å². The van der Waals surface area contributed by atoms with Gasteiger partial charge >= 0.3 is 35.5 Å². The molecule has 4 heterocycles. The Balaban J connectivity index is 0.00000306. The van der Waals surface area contributed by atoms with Crippen LogP contribution in [0.15, 0.2) is 22.1 Å². The number of hydrogen-bond donors (Lipinski definition) is 4. The number of aryl methyl sites for hydroxylation is 1. The van der Waals surface area contributed by atoms with Crippen molar-refractivity contribution in [2.75, 3.05) is 18.0 Å². The van der Waals surface area contributed by atoms with Gasteiger partial charge in [0.05, 0.1) is 11.2 Å². The zero-order valence-corrected chi connectivity index (χ0v) is 19.0. The first-order chi connectivity index (χ1) is 15.3. The number of anilines is 1. The van der Waals surface area contributed by atoms with Crippen LogP contribution in [-0.4, -0.2) is 102 Å². The number of carbonyl (C=O) groups excluding carboxylic acids is 2. The molecule has 0 aromatic carbocycles. The van der Waals surface area contributed by atoms with Crippen LogP contribution in [-0.2, 0) is 14.4 Å². The number of hydrogen-bond acceptors (Lipinski definition) is 11. The van der Waals surface area contributed by atoms with Gasteiger partial charge in [-0.1, -0.05) is 11.2 Å². The first kappa shape index (κ1) is 25.6. The third-order valence-electron chi connectivity index (χ3n) is 5.23. The second kappa shape index (κ2) is 10.1. The number of nitrogens with zero attached hydrogens (tertiary/aromatic N) is 4. The van der Waals surface area contributed by atoms with Crippen molar-refractivity contribution in [3.8, 4) is 0 Å². The van der Waals surface area contributed by atoms with Crippen LogP contribution in [0.1, 0.15) is 16.3 Å². The van der Waals surface area contributed by atoms with Crippen molar-refractivity contribution in [3.05, 3.63) is 33.2 Å². The second-order valence-corrected chi connectivity index (χ2v) is 10.1. The molecule has 2 amide bonds. The van der Waals surface area contributed by atoms with E-state index >= 15 is 0 Å². The number of nitrogens with one attached hydrogen (secondary N) is 1. The number of aliphatic carboxylic acids is 1. The number of fused-ring (bicyclic) bond motifs is 1. The number of oxime groups is 1. The van der Waals surface area contributed by atoms with E-state index in [1.807, 2.05) is 6.92 Å². The van der Waals surface area contributed by atoms with Gasteiger partial charge < -0.3 is 26.3 Å². The predicted octanol–water partition coefficient (Wildman–Crippen LogP) is 0.204. The normalized spacial score (nSPS) is 24.7. The Morgan fingerprint density at radius 3 is 2.76 bits per heavy atom. The van der Waals surface area contributed by atoms with Crippen molar-refractivity contribution < 1.29 is 24.7 Å². The van der Waals surface area contributed by atoms with Gasteiger partial charge in [0.25, 0.3) is 5.91 Å². The van der Waals surface area contributed by atoms with Crippen LogP contribution in [0.2, 0.25) is 0 Å². The topological polar surface area (TPSA) is 171 Å². The van der Waals surface area contributed by atoms with Crippen molar-refractivity contribution >= 4 is 98.7 Å². The molecule has 2 aliphatic rings. The predicted molar refractivity (Wildman–Crippen MR) is 128 cm³/mol. The summed E-state index contributed by atoms with van der Waals surface area (Å²) in [5.74, 6) is -1.98. The molecule has 2 aromatic rings. The van der Waals surface area contributed by atoms with Gasteiger partial charge in [0.2, 0.25) is 5.91 Å². The summed E-state index contributed by atoms with van der Waals surface area (Å²) in [7, 11) is 0. The van der Waals surface area contributed by atoms with E-state index in [1.165, 1.54) is 33.4 Å². The van der Waals surface area contributed by atoms with Gasteiger partial charge in [-0.3, -0.25) is 14.4 Å². The number of rotatable bonds is 6. The fourth-order valence-electron chi connectivity index (χ4n) is 3.42. The van der Waals surface area contributed by atoms with E-state index in [9.17, 15) is 24.7 Å². The van der Waals surface area contributed by atoms with E-state index in [1.54, 1.807) is 17.7 Å². The van der Waals surface area contributed by atoms with Crippen LogP contribution in [0.3, 0.4) is 0 Å². The summed E-state index contributed by atoms with van der Waals surface area (Å²) < 4.78 is 0. The molecule has 4 rings (SSSR count). The van der Waals surface area contributed by atoms with Crippen molar-refractivity contribution in [2.24, 2.45) is 10.6 Å². The first-order valence-electron chi connectivity index (χ1n) is 9.25. The Kier molecular flexibility index (Phi) is 7.86. The minimum atomic E-state index is -1.25. The quantitative estimate of drug-likeness (QED) is 0.137. The van der Waals surface area contributed by atoms with Gasteiger partial charge in [0.1, 0.15) is 22.5 Å². The summed E-state index contributed by atoms with van der Waals surface area (Å²) in [5.41, 5.74) is 6.53. The number of carboxylic acid groups (broad SMARTS) is 1. The molecular formula is C18H19N6NaO5S3. The van der Waals surface area contributed by atoms with Crippen LogP contribution >= 0.6 is 34.4 Å². The van der Waals surface area contributed by atoms with Gasteiger partial charge in [-0.15, -0.1) is 34.4 Å². The molecule has 5 N–H and O–H groups in total. The third kappa shape index (κ3) is 4.81. The molecule has 2 aromatic heterocycles. The molecule has 15 heteroatoms. The number of thiazole rings is 2. The zero-order valence-electron chi connectivity index (χ0n) is 16.6. The van der Waals surface area contributed by atoms with Gasteiger partial charge in [0.15, 0.2) is 10.8 Å². The molecule has 11 nitrogen and oxygen atoms in total. The number of nitrogens with two attached hydrogens (primary N) is 1. The van der Waals surface area contributed by atoms with Crippen LogP contribution < -0.4 is 11.1 Å². The fraction of sp³-hybridized carbons (Fsp3) is 0.333. The van der Waals surface area contributed by atoms with Crippen molar-refractivity contribution in [1.82, 2.24) is 20.2 Å². The molecule has 0 spiro atoms. The summed E-state index contributed by atoms with van der Waals surface area (Å²) in [6.45, 7) is 1.83. The summed E-state index contributed by atoms with van der Waals surface area (Å²) in [6.07, 6.45) is 3.34. The SMILES string of the molecule is Cc1ncsc1C=CC1(C(=O)O)CS[C@@H]2C(NC(=O)C(=NO)c3csc(N)n3)C(=O)N2C1.[NaH]. The van der Waals surface area contributed by atoms with Crippen molar-refractivity contribution in [1.29, 1.82) is 0 Å². The summed E-state index contributed by atoms with van der Waals surface area (Å²) >= 11 is 3.76. The van der Waals surface area contributed by atoms with Gasteiger partial charge in [0, 0.05) is 22.6 Å². The Hall–Kier alpha value is -1.97. The molecule has 0 radical (unpaired) electrons. The molecule has 2 unspecified atom stereocenters. The molecule has 3 atom stereocenters. The van der Waals surface area contributed by atoms with Crippen LogP contribution in [0.5, 0.6) is 0 Å². The molecule has 2 aliphatic heterocycles. The van der Waals surface area contributed by atoms with E-state index < -0.39 is 34.6 Å². The average molecular weight is 519 g/mol. The zero-order chi connectivity index (χ0) is 23.0. The van der Waals surface area contributed by atoms with Gasteiger partial charge in [-0.2, -0.15) is 0 Å². The first-order valence-corrected chi connectivity index (χ1v) is 12.1. The Morgan fingerprint density at radius 1 is 1.42 bits per heavy atom. The van der Waals surface area contributed by atoms with Crippen molar-refractivity contribution in [3.63, 3.8) is 0 Å². The third-order valence-corrected chi connectivity index (χ3v) is 8.35. The Bertz CT molecular complexity index is 1150. The molecular weight excluding hydrogens is 499 g/mol. The van der Waals surface area contributed by atoms with E-state index in [2.05, 4.69) is 20.4 Å². The molecule has 0 bridgehead atoms. The molecule has 170 valence electrons. The molecule has 33 heavy (non-hydrogen) atoms. The number of carboxylic acids is 1. The number of amides is 2. The Morgan fingerprint density at radius 2 is 2.18 bits per heavy atom. The van der Waals surface area contributed by atoms with Crippen LogP contribution in [0.25, 0.3) is 6.08 Å². The number of nitrogen functional groups attached to an aromatic ring is 1. The minimum absolute atomic E-state index is 0. The maximum atomic E-state index is 12.7.